The molecule has 0 atom stereocenters. The number of guanidine groups is 1. The van der Waals surface area contributed by atoms with Gasteiger partial charge in [0.1, 0.15) is 5.75 Å². The number of rotatable bonds is 10. The van der Waals surface area contributed by atoms with Gasteiger partial charge in [0, 0.05) is 38.2 Å². The molecular formula is C28H43N7O3. The van der Waals surface area contributed by atoms with Crippen molar-refractivity contribution in [1.29, 1.82) is 0 Å². The van der Waals surface area contributed by atoms with Crippen LogP contribution in [-0.4, -0.2) is 93.1 Å². The number of unbranched alkanes of at least 4 members (excludes halogenated alkanes) is 1. The Morgan fingerprint density at radius 2 is 1.97 bits per heavy atom. The minimum Gasteiger partial charge on any atom is -0.495 e. The lowest BCUT2D eigenvalue weighted by Gasteiger charge is -2.31. The monoisotopic (exact) mass is 525 g/mol. The molecule has 1 aliphatic carbocycles. The molecule has 1 aliphatic heterocycles. The van der Waals surface area contributed by atoms with E-state index in [1.54, 1.807) is 37.3 Å². The second-order valence-electron chi connectivity index (χ2n) is 10.1. The Morgan fingerprint density at radius 1 is 1.24 bits per heavy atom. The molecule has 208 valence electrons. The van der Waals surface area contributed by atoms with E-state index in [9.17, 15) is 9.59 Å². The first-order chi connectivity index (χ1) is 18.2. The Hall–Kier alpha value is -3.40. The number of methoxy groups -OCH3 is 1. The Labute approximate surface area is 226 Å². The number of aliphatic imine (C=N–C) groups is 2. The summed E-state index contributed by atoms with van der Waals surface area (Å²) < 4.78 is 5.58. The fourth-order valence-corrected chi connectivity index (χ4v) is 4.87. The minimum absolute atomic E-state index is 0.0741. The van der Waals surface area contributed by atoms with E-state index in [1.807, 2.05) is 21.0 Å². The van der Waals surface area contributed by atoms with Gasteiger partial charge in [-0.3, -0.25) is 9.59 Å². The summed E-state index contributed by atoms with van der Waals surface area (Å²) in [4.78, 5) is 40.3. The van der Waals surface area contributed by atoms with Gasteiger partial charge in [-0.1, -0.05) is 12.8 Å². The van der Waals surface area contributed by atoms with Crippen LogP contribution in [0.25, 0.3) is 0 Å². The van der Waals surface area contributed by atoms with E-state index in [4.69, 9.17) is 9.73 Å². The van der Waals surface area contributed by atoms with E-state index in [0.717, 1.165) is 43.7 Å². The lowest BCUT2D eigenvalue weighted by molar-refractivity contribution is -0.127. The second kappa shape index (κ2) is 13.9. The number of hydrogen-bond donors (Lipinski definition) is 2. The average molecular weight is 526 g/mol. The lowest BCUT2D eigenvalue weighted by atomic mass is 10.1. The first-order valence-corrected chi connectivity index (χ1v) is 13.4. The zero-order valence-corrected chi connectivity index (χ0v) is 23.5. The fourth-order valence-electron chi connectivity index (χ4n) is 4.87. The van der Waals surface area contributed by atoms with Gasteiger partial charge in [0.15, 0.2) is 5.82 Å². The van der Waals surface area contributed by atoms with Crippen molar-refractivity contribution in [2.45, 2.75) is 57.9 Å². The normalized spacial score (nSPS) is 17.2. The number of hydrogen-bond acceptors (Lipinski definition) is 6. The summed E-state index contributed by atoms with van der Waals surface area (Å²) in [5.41, 5.74) is 1.91. The van der Waals surface area contributed by atoms with Crippen molar-refractivity contribution in [2.24, 2.45) is 9.98 Å². The minimum atomic E-state index is -0.144. The summed E-state index contributed by atoms with van der Waals surface area (Å²) >= 11 is 0. The van der Waals surface area contributed by atoms with E-state index < -0.39 is 0 Å². The van der Waals surface area contributed by atoms with Crippen LogP contribution in [0.2, 0.25) is 0 Å². The molecule has 0 radical (unpaired) electrons. The molecule has 2 N–H and O–H groups in total. The molecular weight excluding hydrogens is 482 g/mol. The van der Waals surface area contributed by atoms with Crippen LogP contribution in [-0.2, 0) is 4.79 Å². The van der Waals surface area contributed by atoms with Crippen LogP contribution in [0.15, 0.2) is 39.7 Å². The molecule has 1 fully saturated rings. The SMILES string of the molecule is C=N/C(=N\C1=C(C)N(C)C(=O)CCN1C1CCCC1)Nc1ccc(C(=O)NCCCCN(C)C)cc1OC. The zero-order valence-electron chi connectivity index (χ0n) is 23.5. The molecule has 0 spiro atoms. The van der Waals surface area contributed by atoms with E-state index >= 15 is 0 Å². The van der Waals surface area contributed by atoms with E-state index in [0.29, 0.717) is 48.5 Å². The summed E-state index contributed by atoms with van der Waals surface area (Å²) in [6, 6.07) is 5.57. The third kappa shape index (κ3) is 7.56. The van der Waals surface area contributed by atoms with Crippen LogP contribution < -0.4 is 15.4 Å². The van der Waals surface area contributed by atoms with Crippen LogP contribution in [0.3, 0.4) is 0 Å². The van der Waals surface area contributed by atoms with Crippen LogP contribution in [0.5, 0.6) is 5.75 Å². The number of nitrogens with zero attached hydrogens (tertiary/aromatic N) is 5. The van der Waals surface area contributed by atoms with Crippen LogP contribution >= 0.6 is 0 Å². The van der Waals surface area contributed by atoms with Crippen molar-refractivity contribution in [3.05, 3.63) is 35.3 Å². The van der Waals surface area contributed by atoms with Gasteiger partial charge in [-0.05, 0) is 78.2 Å². The first-order valence-electron chi connectivity index (χ1n) is 13.4. The number of ether oxygens (including phenoxy) is 1. The van der Waals surface area contributed by atoms with Gasteiger partial charge in [-0.25, -0.2) is 4.99 Å². The highest BCUT2D eigenvalue weighted by Gasteiger charge is 2.31. The molecule has 1 aromatic carbocycles. The Balaban J connectivity index is 1.79. The molecule has 1 heterocycles. The molecule has 0 aromatic heterocycles. The highest BCUT2D eigenvalue weighted by Crippen LogP contribution is 2.31. The average Bonchev–Trinajstić information content (AvgIpc) is 3.42. The van der Waals surface area contributed by atoms with Crippen molar-refractivity contribution in [1.82, 2.24) is 20.0 Å². The number of allylic oxidation sites excluding steroid dienone is 1. The van der Waals surface area contributed by atoms with Crippen LogP contribution in [0.4, 0.5) is 5.69 Å². The zero-order chi connectivity index (χ0) is 27.7. The molecule has 0 unspecified atom stereocenters. The van der Waals surface area contributed by atoms with Gasteiger partial charge >= 0.3 is 0 Å². The number of carbonyl (C=O) groups excluding carboxylic acids is 2. The van der Waals surface area contributed by atoms with Gasteiger partial charge in [0.05, 0.1) is 18.5 Å². The standard InChI is InChI=1S/C28H43N7O3/c1-20-26(35(22-11-7-8-12-22)18-15-25(36)34(20)5)32-28(29-2)31-23-14-13-21(19-24(23)38-6)27(37)30-16-9-10-17-33(3)4/h13-14,19,22H,2,7-12,15-18H2,1,3-6H3,(H,30,37)(H,31,32). The second-order valence-corrected chi connectivity index (χ2v) is 10.1. The maximum Gasteiger partial charge on any atom is 0.251 e. The molecule has 2 amide bonds. The summed E-state index contributed by atoms with van der Waals surface area (Å²) in [6.07, 6.45) is 6.91. The maximum atomic E-state index is 12.7. The van der Waals surface area contributed by atoms with Crippen molar-refractivity contribution >= 4 is 30.2 Å². The molecule has 0 saturated heterocycles. The van der Waals surface area contributed by atoms with Crippen molar-refractivity contribution in [3.63, 3.8) is 0 Å². The molecule has 3 rings (SSSR count). The third-order valence-electron chi connectivity index (χ3n) is 7.19. The maximum absolute atomic E-state index is 12.7. The fraction of sp³-hybridized carbons (Fsp3) is 0.571. The molecule has 0 bridgehead atoms. The number of nitrogens with one attached hydrogen (secondary N) is 2. The quantitative estimate of drug-likeness (QED) is 0.275. The highest BCUT2D eigenvalue weighted by molar-refractivity contribution is 6.00. The Bertz CT molecular complexity index is 1060. The predicted octanol–water partition coefficient (Wildman–Crippen LogP) is 3.53. The van der Waals surface area contributed by atoms with E-state index in [1.165, 1.54) is 12.8 Å². The summed E-state index contributed by atoms with van der Waals surface area (Å²) in [5.74, 6) is 1.44. The topological polar surface area (TPSA) is 102 Å². The van der Waals surface area contributed by atoms with E-state index in [2.05, 4.69) is 32.1 Å². The lowest BCUT2D eigenvalue weighted by Crippen LogP contribution is -2.33. The molecule has 2 aliphatic rings. The smallest absolute Gasteiger partial charge is 0.251 e. The number of benzene rings is 1. The molecule has 38 heavy (non-hydrogen) atoms. The molecule has 1 aromatic rings. The van der Waals surface area contributed by atoms with Gasteiger partial charge in [0.2, 0.25) is 11.9 Å². The van der Waals surface area contributed by atoms with Crippen LogP contribution in [0.1, 0.15) is 62.2 Å². The van der Waals surface area contributed by atoms with Gasteiger partial charge in [-0.2, -0.15) is 4.99 Å². The third-order valence-corrected chi connectivity index (χ3v) is 7.19. The van der Waals surface area contributed by atoms with E-state index in [-0.39, 0.29) is 11.8 Å². The van der Waals surface area contributed by atoms with Gasteiger partial charge < -0.3 is 30.1 Å². The molecule has 10 heteroatoms. The number of anilines is 1. The number of carbonyl (C=O) groups is 2. The predicted molar refractivity (Wildman–Crippen MR) is 153 cm³/mol. The Kier molecular flexibility index (Phi) is 10.7. The van der Waals surface area contributed by atoms with Crippen molar-refractivity contribution in [2.75, 3.05) is 53.2 Å². The molecule has 1 saturated carbocycles. The summed E-state index contributed by atoms with van der Waals surface area (Å²) in [7, 11) is 7.42. The van der Waals surface area contributed by atoms with Crippen molar-refractivity contribution in [3.8, 4) is 5.75 Å². The van der Waals surface area contributed by atoms with Crippen molar-refractivity contribution < 1.29 is 14.3 Å². The molecule has 10 nitrogen and oxygen atoms in total. The summed E-state index contributed by atoms with van der Waals surface area (Å²) in [6.45, 7) is 7.87. The van der Waals surface area contributed by atoms with Gasteiger partial charge in [0.25, 0.3) is 5.91 Å². The highest BCUT2D eigenvalue weighted by atomic mass is 16.5. The summed E-state index contributed by atoms with van der Waals surface area (Å²) in [5, 5.41) is 6.18. The Morgan fingerprint density at radius 3 is 2.63 bits per heavy atom. The van der Waals surface area contributed by atoms with Gasteiger partial charge in [-0.15, -0.1) is 0 Å². The number of amides is 2. The largest absolute Gasteiger partial charge is 0.495 e. The van der Waals surface area contributed by atoms with Crippen LogP contribution in [0, 0.1) is 0 Å². The first kappa shape index (κ1) is 29.2.